The van der Waals surface area contributed by atoms with Crippen molar-refractivity contribution in [3.63, 3.8) is 0 Å². The van der Waals surface area contributed by atoms with Crippen LogP contribution in [0.4, 0.5) is 4.39 Å². The van der Waals surface area contributed by atoms with E-state index in [1.807, 2.05) is 35.7 Å². The molecule has 0 radical (unpaired) electrons. The molecule has 2 aromatic heterocycles. The predicted molar refractivity (Wildman–Crippen MR) is 118 cm³/mol. The zero-order valence-electron chi connectivity index (χ0n) is 15.8. The number of rotatable bonds is 7. The number of guanidine groups is 1. The lowest BCUT2D eigenvalue weighted by Gasteiger charge is -2.17. The van der Waals surface area contributed by atoms with Crippen LogP contribution in [-0.2, 0) is 6.42 Å². The summed E-state index contributed by atoms with van der Waals surface area (Å²) in [4.78, 5) is 4.21. The fourth-order valence-electron chi connectivity index (χ4n) is 2.60. The van der Waals surface area contributed by atoms with Gasteiger partial charge in [-0.25, -0.2) is 4.39 Å². The van der Waals surface area contributed by atoms with Gasteiger partial charge in [0.2, 0.25) is 0 Å². The summed E-state index contributed by atoms with van der Waals surface area (Å²) in [5.74, 6) is 1.92. The molecule has 1 aromatic carbocycles. The Morgan fingerprint density at radius 3 is 2.71 bits per heavy atom. The molecule has 0 aliphatic heterocycles. The van der Waals surface area contributed by atoms with Crippen molar-refractivity contribution in [1.29, 1.82) is 0 Å². The molecule has 0 spiro atoms. The molecule has 7 nitrogen and oxygen atoms in total. The largest absolute Gasteiger partial charge is 0.489 e. The first-order valence-electron chi connectivity index (χ1n) is 8.81. The van der Waals surface area contributed by atoms with Crippen LogP contribution >= 0.6 is 24.0 Å². The number of ether oxygens (including phenoxy) is 1. The number of fused-ring (bicyclic) bond motifs is 1. The third kappa shape index (κ3) is 6.04. The van der Waals surface area contributed by atoms with Crippen LogP contribution in [0.5, 0.6) is 5.75 Å². The van der Waals surface area contributed by atoms with Crippen molar-refractivity contribution in [3.05, 3.63) is 60.3 Å². The zero-order chi connectivity index (χ0) is 19.1. The predicted octanol–water partition coefficient (Wildman–Crippen LogP) is 2.66. The number of aromatic nitrogens is 3. The Balaban J connectivity index is 0.00000280. The molecule has 1 atom stereocenters. The lowest BCUT2D eigenvalue weighted by molar-refractivity contribution is 0.223. The van der Waals surface area contributed by atoms with Gasteiger partial charge in [-0.3, -0.25) is 9.39 Å². The third-order valence-electron chi connectivity index (χ3n) is 3.96. The number of nitrogens with one attached hydrogen (secondary N) is 2. The quantitative estimate of drug-likeness (QED) is 0.298. The molecular formula is C19H24FIN6O. The van der Waals surface area contributed by atoms with E-state index in [9.17, 15) is 4.39 Å². The standard InChI is InChI=1S/C19H23FN6O.HI/c1-14(27-16-8-6-15(20)7-9-16)13-23-19(21-2)22-11-10-18-25-24-17-5-3-4-12-26(17)18;/h3-9,12,14H,10-11,13H2,1-2H3,(H2,21,22,23);1H. The molecule has 0 fully saturated rings. The Morgan fingerprint density at radius 2 is 1.96 bits per heavy atom. The minimum Gasteiger partial charge on any atom is -0.489 e. The smallest absolute Gasteiger partial charge is 0.191 e. The second-order valence-electron chi connectivity index (χ2n) is 6.06. The minimum absolute atomic E-state index is 0. The Hall–Kier alpha value is -2.43. The summed E-state index contributed by atoms with van der Waals surface area (Å²) in [6.45, 7) is 3.17. The van der Waals surface area contributed by atoms with Crippen LogP contribution < -0.4 is 15.4 Å². The molecule has 2 heterocycles. The van der Waals surface area contributed by atoms with Gasteiger partial charge < -0.3 is 15.4 Å². The van der Waals surface area contributed by atoms with Crippen LogP contribution in [-0.4, -0.2) is 46.8 Å². The molecule has 9 heteroatoms. The molecule has 0 saturated carbocycles. The van der Waals surface area contributed by atoms with Gasteiger partial charge in [0, 0.05) is 26.2 Å². The van der Waals surface area contributed by atoms with Crippen LogP contribution in [0.15, 0.2) is 53.7 Å². The van der Waals surface area contributed by atoms with E-state index in [0.29, 0.717) is 31.2 Å². The van der Waals surface area contributed by atoms with Crippen LogP contribution in [0.25, 0.3) is 5.65 Å². The van der Waals surface area contributed by atoms with Crippen LogP contribution in [0.1, 0.15) is 12.7 Å². The second-order valence-corrected chi connectivity index (χ2v) is 6.06. The van der Waals surface area contributed by atoms with Crippen molar-refractivity contribution in [1.82, 2.24) is 25.2 Å². The summed E-state index contributed by atoms with van der Waals surface area (Å²) in [5, 5.41) is 14.8. The van der Waals surface area contributed by atoms with E-state index in [-0.39, 0.29) is 35.9 Å². The van der Waals surface area contributed by atoms with Crippen molar-refractivity contribution < 1.29 is 9.13 Å². The maximum atomic E-state index is 12.9. The number of nitrogens with zero attached hydrogens (tertiary/aromatic N) is 4. The average molecular weight is 498 g/mol. The number of aliphatic imine (C=N–C) groups is 1. The zero-order valence-corrected chi connectivity index (χ0v) is 18.1. The van der Waals surface area contributed by atoms with E-state index in [2.05, 4.69) is 25.8 Å². The molecule has 0 amide bonds. The molecule has 0 bridgehead atoms. The van der Waals surface area contributed by atoms with E-state index in [1.54, 1.807) is 19.2 Å². The molecule has 0 saturated heterocycles. The van der Waals surface area contributed by atoms with Gasteiger partial charge in [0.15, 0.2) is 11.6 Å². The second kappa shape index (κ2) is 10.8. The van der Waals surface area contributed by atoms with Gasteiger partial charge in [-0.1, -0.05) is 6.07 Å². The molecule has 0 aliphatic carbocycles. The number of benzene rings is 1. The lowest BCUT2D eigenvalue weighted by Crippen LogP contribution is -2.42. The first-order chi connectivity index (χ1) is 13.2. The summed E-state index contributed by atoms with van der Waals surface area (Å²) >= 11 is 0. The Bertz CT molecular complexity index is 899. The molecule has 0 aliphatic rings. The summed E-state index contributed by atoms with van der Waals surface area (Å²) < 4.78 is 20.6. The van der Waals surface area contributed by atoms with Crippen molar-refractivity contribution in [3.8, 4) is 5.75 Å². The number of hydrogen-bond donors (Lipinski definition) is 2. The van der Waals surface area contributed by atoms with Crippen LogP contribution in [0.2, 0.25) is 0 Å². The van der Waals surface area contributed by atoms with E-state index >= 15 is 0 Å². The lowest BCUT2D eigenvalue weighted by atomic mass is 10.3. The summed E-state index contributed by atoms with van der Waals surface area (Å²) in [5.41, 5.74) is 0.835. The van der Waals surface area contributed by atoms with E-state index in [4.69, 9.17) is 4.74 Å². The topological polar surface area (TPSA) is 75.8 Å². The van der Waals surface area contributed by atoms with E-state index < -0.39 is 0 Å². The highest BCUT2D eigenvalue weighted by Crippen LogP contribution is 2.12. The molecule has 150 valence electrons. The third-order valence-corrected chi connectivity index (χ3v) is 3.96. The monoisotopic (exact) mass is 498 g/mol. The minimum atomic E-state index is -0.279. The molecule has 1 unspecified atom stereocenters. The number of pyridine rings is 1. The van der Waals surface area contributed by atoms with Crippen LogP contribution in [0, 0.1) is 5.82 Å². The summed E-state index contributed by atoms with van der Waals surface area (Å²) in [7, 11) is 1.72. The van der Waals surface area contributed by atoms with Gasteiger partial charge in [-0.05, 0) is 43.3 Å². The van der Waals surface area contributed by atoms with E-state index in [0.717, 1.165) is 11.5 Å². The van der Waals surface area contributed by atoms with Gasteiger partial charge >= 0.3 is 0 Å². The molecule has 3 rings (SSSR count). The summed E-state index contributed by atoms with van der Waals surface area (Å²) in [6.07, 6.45) is 2.56. The van der Waals surface area contributed by atoms with Crippen molar-refractivity contribution >= 4 is 35.6 Å². The normalized spacial score (nSPS) is 12.3. The highest BCUT2D eigenvalue weighted by Gasteiger charge is 2.07. The van der Waals surface area contributed by atoms with Gasteiger partial charge in [0.1, 0.15) is 23.5 Å². The fourth-order valence-corrected chi connectivity index (χ4v) is 2.60. The van der Waals surface area contributed by atoms with Crippen molar-refractivity contribution in [2.45, 2.75) is 19.4 Å². The molecule has 2 N–H and O–H groups in total. The van der Waals surface area contributed by atoms with Gasteiger partial charge in [0.25, 0.3) is 0 Å². The summed E-state index contributed by atoms with van der Waals surface area (Å²) in [6, 6.07) is 11.8. The Morgan fingerprint density at radius 1 is 1.18 bits per heavy atom. The first-order valence-corrected chi connectivity index (χ1v) is 8.81. The number of halogens is 2. The molecule has 28 heavy (non-hydrogen) atoms. The molecule has 3 aromatic rings. The number of hydrogen-bond acceptors (Lipinski definition) is 4. The Kier molecular flexibility index (Phi) is 8.42. The van der Waals surface area contributed by atoms with Gasteiger partial charge in [-0.15, -0.1) is 34.2 Å². The first kappa shape index (κ1) is 21.9. The maximum Gasteiger partial charge on any atom is 0.191 e. The SMILES string of the molecule is CN=C(NCCc1nnc2ccccn12)NCC(C)Oc1ccc(F)cc1.I. The van der Waals surface area contributed by atoms with Crippen molar-refractivity contribution in [2.75, 3.05) is 20.1 Å². The highest BCUT2D eigenvalue weighted by atomic mass is 127. The maximum absolute atomic E-state index is 12.9. The average Bonchev–Trinajstić information content (AvgIpc) is 3.09. The van der Waals surface area contributed by atoms with Gasteiger partial charge in [0.05, 0.1) is 6.54 Å². The van der Waals surface area contributed by atoms with Crippen molar-refractivity contribution in [2.24, 2.45) is 4.99 Å². The van der Waals surface area contributed by atoms with E-state index in [1.165, 1.54) is 12.1 Å². The Labute approximate surface area is 180 Å². The van der Waals surface area contributed by atoms with Crippen LogP contribution in [0.3, 0.4) is 0 Å². The van der Waals surface area contributed by atoms with Gasteiger partial charge in [-0.2, -0.15) is 0 Å². The fraction of sp³-hybridized carbons (Fsp3) is 0.316. The molecular weight excluding hydrogens is 474 g/mol. The highest BCUT2D eigenvalue weighted by molar-refractivity contribution is 14.0.